The predicted octanol–water partition coefficient (Wildman–Crippen LogP) is 5.63. The van der Waals surface area contributed by atoms with Crippen molar-refractivity contribution in [2.45, 2.75) is 44.4 Å². The van der Waals surface area contributed by atoms with Crippen molar-refractivity contribution in [2.75, 3.05) is 6.26 Å². The first-order valence-electron chi connectivity index (χ1n) is 13.1. The van der Waals surface area contributed by atoms with Crippen molar-refractivity contribution in [1.29, 1.82) is 0 Å². The molecule has 3 aromatic carbocycles. The van der Waals surface area contributed by atoms with Crippen molar-refractivity contribution in [3.63, 3.8) is 0 Å². The summed E-state index contributed by atoms with van der Waals surface area (Å²) in [6, 6.07) is 20.9. The number of aromatic nitrogens is 1. The van der Waals surface area contributed by atoms with Gasteiger partial charge >= 0.3 is 5.97 Å². The van der Waals surface area contributed by atoms with Gasteiger partial charge in [-0.15, -0.1) is 11.8 Å². The van der Waals surface area contributed by atoms with Gasteiger partial charge in [-0.05, 0) is 62.9 Å². The van der Waals surface area contributed by atoms with E-state index in [1.807, 2.05) is 48.7 Å². The second-order valence-corrected chi connectivity index (χ2v) is 11.6. The number of halogens is 1. The van der Waals surface area contributed by atoms with E-state index < -0.39 is 12.0 Å². The first kappa shape index (κ1) is 28.6. The third-order valence-corrected chi connectivity index (χ3v) is 8.29. The van der Waals surface area contributed by atoms with Gasteiger partial charge in [0.1, 0.15) is 18.2 Å². The molecule has 4 aromatic rings. The molecule has 0 unspecified atom stereocenters. The first-order valence-corrected chi connectivity index (χ1v) is 15.1. The molecular formula is C32H29FN2O4S2. The van der Waals surface area contributed by atoms with Gasteiger partial charge < -0.3 is 9.47 Å². The fourth-order valence-electron chi connectivity index (χ4n) is 4.61. The number of para-hydroxylation sites is 1. The summed E-state index contributed by atoms with van der Waals surface area (Å²) in [6.07, 6.45) is 3.42. The van der Waals surface area contributed by atoms with E-state index in [9.17, 15) is 14.0 Å². The van der Waals surface area contributed by atoms with Crippen molar-refractivity contribution < 1.29 is 18.7 Å². The van der Waals surface area contributed by atoms with Gasteiger partial charge in [-0.2, -0.15) is 0 Å². The molecule has 1 aliphatic heterocycles. The standard InChI is InChI=1S/C32H29FN2O4S2/c1-19(2)39-31(37)28-20(3)34-32-35(29(28)21-13-15-24(40-4)16-14-21)30(36)27(41-32)17-22-9-6-8-12-26(22)38-18-23-10-5-7-11-25(23)33/h5-17,19,29H,18H2,1-4H3/b27-17-/t29-/m0/s1. The van der Waals surface area contributed by atoms with Crippen LogP contribution in [-0.4, -0.2) is 22.9 Å². The number of fused-ring (bicyclic) bond motifs is 1. The zero-order valence-electron chi connectivity index (χ0n) is 23.1. The van der Waals surface area contributed by atoms with E-state index >= 15 is 0 Å². The number of thiazole rings is 1. The van der Waals surface area contributed by atoms with Crippen LogP contribution in [0, 0.1) is 5.82 Å². The summed E-state index contributed by atoms with van der Waals surface area (Å²) in [7, 11) is 0. The quantitative estimate of drug-likeness (QED) is 0.197. The number of rotatable bonds is 8. The number of nitrogens with zero attached hydrogens (tertiary/aromatic N) is 2. The molecule has 5 rings (SSSR count). The van der Waals surface area contributed by atoms with Crippen molar-refractivity contribution in [1.82, 2.24) is 4.57 Å². The summed E-state index contributed by atoms with van der Waals surface area (Å²) in [5.74, 6) is -0.324. The van der Waals surface area contributed by atoms with E-state index in [0.717, 1.165) is 10.5 Å². The molecular weight excluding hydrogens is 559 g/mol. The molecule has 41 heavy (non-hydrogen) atoms. The maximum absolute atomic E-state index is 14.2. The molecule has 0 spiro atoms. The molecule has 1 aliphatic rings. The Labute approximate surface area is 245 Å². The summed E-state index contributed by atoms with van der Waals surface area (Å²) in [4.78, 5) is 33.5. The molecule has 0 saturated carbocycles. The van der Waals surface area contributed by atoms with E-state index in [4.69, 9.17) is 9.47 Å². The van der Waals surface area contributed by atoms with Crippen LogP contribution >= 0.6 is 23.1 Å². The van der Waals surface area contributed by atoms with Crippen LogP contribution in [0.25, 0.3) is 6.08 Å². The fourth-order valence-corrected chi connectivity index (χ4v) is 6.05. The Morgan fingerprint density at radius 1 is 1.10 bits per heavy atom. The molecule has 0 bridgehead atoms. The van der Waals surface area contributed by atoms with Crippen LogP contribution in [0.1, 0.15) is 43.5 Å². The number of benzene rings is 3. The molecule has 0 N–H and O–H groups in total. The Balaban J connectivity index is 1.60. The summed E-state index contributed by atoms with van der Waals surface area (Å²) < 4.78 is 27.7. The summed E-state index contributed by atoms with van der Waals surface area (Å²) in [5.41, 5.74) is 2.46. The molecule has 2 heterocycles. The largest absolute Gasteiger partial charge is 0.488 e. The number of carbonyl (C=O) groups is 1. The van der Waals surface area contributed by atoms with Crippen LogP contribution in [-0.2, 0) is 16.1 Å². The molecule has 210 valence electrons. The zero-order chi connectivity index (χ0) is 29.1. The highest BCUT2D eigenvalue weighted by Crippen LogP contribution is 2.32. The van der Waals surface area contributed by atoms with Crippen LogP contribution in [0.2, 0.25) is 0 Å². The van der Waals surface area contributed by atoms with E-state index in [2.05, 4.69) is 4.99 Å². The van der Waals surface area contributed by atoms with Gasteiger partial charge in [0.05, 0.1) is 27.9 Å². The minimum absolute atomic E-state index is 0.0470. The lowest BCUT2D eigenvalue weighted by molar-refractivity contribution is -0.143. The number of allylic oxidation sites excluding steroid dienone is 1. The molecule has 6 nitrogen and oxygen atoms in total. The van der Waals surface area contributed by atoms with Crippen molar-refractivity contribution >= 4 is 35.1 Å². The highest BCUT2D eigenvalue weighted by Gasteiger charge is 2.33. The Morgan fingerprint density at radius 2 is 1.80 bits per heavy atom. The lowest BCUT2D eigenvalue weighted by atomic mass is 9.96. The first-order chi connectivity index (χ1) is 19.8. The van der Waals surface area contributed by atoms with Gasteiger partial charge in [-0.3, -0.25) is 9.36 Å². The molecule has 9 heteroatoms. The topological polar surface area (TPSA) is 69.9 Å². The summed E-state index contributed by atoms with van der Waals surface area (Å²) in [5, 5.41) is 0. The van der Waals surface area contributed by atoms with E-state index in [1.165, 1.54) is 17.4 Å². The second kappa shape index (κ2) is 12.3. The fraction of sp³-hybridized carbons (Fsp3) is 0.219. The number of ether oxygens (including phenoxy) is 2. The van der Waals surface area contributed by atoms with Crippen LogP contribution in [0.3, 0.4) is 0 Å². The van der Waals surface area contributed by atoms with Crippen molar-refractivity contribution in [3.8, 4) is 5.75 Å². The number of thioether (sulfide) groups is 1. The molecule has 0 radical (unpaired) electrons. The molecule has 0 fully saturated rings. The maximum Gasteiger partial charge on any atom is 0.338 e. The van der Waals surface area contributed by atoms with Crippen LogP contribution in [0.5, 0.6) is 5.75 Å². The molecule has 0 saturated heterocycles. The average molecular weight is 589 g/mol. The summed E-state index contributed by atoms with van der Waals surface area (Å²) >= 11 is 2.85. The van der Waals surface area contributed by atoms with E-state index in [-0.39, 0.29) is 24.1 Å². The number of hydrogen-bond donors (Lipinski definition) is 0. The van der Waals surface area contributed by atoms with Crippen LogP contribution in [0.4, 0.5) is 4.39 Å². The lowest BCUT2D eigenvalue weighted by Gasteiger charge is -2.25. The highest BCUT2D eigenvalue weighted by atomic mass is 32.2. The molecule has 0 aliphatic carbocycles. The minimum Gasteiger partial charge on any atom is -0.488 e. The Bertz CT molecular complexity index is 1810. The maximum atomic E-state index is 14.2. The lowest BCUT2D eigenvalue weighted by Crippen LogP contribution is -2.40. The van der Waals surface area contributed by atoms with Crippen LogP contribution in [0.15, 0.2) is 98.7 Å². The highest BCUT2D eigenvalue weighted by molar-refractivity contribution is 7.98. The minimum atomic E-state index is -0.692. The third kappa shape index (κ3) is 6.06. The molecule has 1 atom stereocenters. The van der Waals surface area contributed by atoms with Gasteiger partial charge in [0, 0.05) is 16.0 Å². The van der Waals surface area contributed by atoms with E-state index in [1.54, 1.807) is 67.4 Å². The number of esters is 1. The normalized spacial score (nSPS) is 15.1. The Morgan fingerprint density at radius 3 is 2.51 bits per heavy atom. The second-order valence-electron chi connectivity index (χ2n) is 9.73. The smallest absolute Gasteiger partial charge is 0.338 e. The average Bonchev–Trinajstić information content (AvgIpc) is 3.26. The van der Waals surface area contributed by atoms with Crippen molar-refractivity contribution in [3.05, 3.63) is 126 Å². The molecule has 1 aromatic heterocycles. The van der Waals surface area contributed by atoms with Crippen LogP contribution < -0.4 is 19.6 Å². The number of carbonyl (C=O) groups excluding carboxylic acids is 1. The molecule has 0 amide bonds. The van der Waals surface area contributed by atoms with Gasteiger partial charge in [-0.25, -0.2) is 14.2 Å². The van der Waals surface area contributed by atoms with Gasteiger partial charge in [0.25, 0.3) is 5.56 Å². The van der Waals surface area contributed by atoms with Crippen molar-refractivity contribution in [2.24, 2.45) is 4.99 Å². The Kier molecular flexibility index (Phi) is 8.56. The van der Waals surface area contributed by atoms with Gasteiger partial charge in [0.15, 0.2) is 4.80 Å². The van der Waals surface area contributed by atoms with Gasteiger partial charge in [-0.1, -0.05) is 59.9 Å². The zero-order valence-corrected chi connectivity index (χ0v) is 24.7. The third-order valence-electron chi connectivity index (χ3n) is 6.56. The Hall–Kier alpha value is -3.95. The summed E-state index contributed by atoms with van der Waals surface area (Å²) in [6.45, 7) is 5.39. The SMILES string of the molecule is CSc1ccc([C@H]2C(C(=O)OC(C)C)=C(C)N=c3s/c(=C\c4ccccc4OCc4ccccc4F)c(=O)n32)cc1. The van der Waals surface area contributed by atoms with Gasteiger partial charge in [0.2, 0.25) is 0 Å². The number of hydrogen-bond acceptors (Lipinski definition) is 7. The predicted molar refractivity (Wildman–Crippen MR) is 160 cm³/mol. The monoisotopic (exact) mass is 588 g/mol. The van der Waals surface area contributed by atoms with E-state index in [0.29, 0.717) is 37.5 Å².